The number of cyclic esters (lactones) is 1. The van der Waals surface area contributed by atoms with Crippen LogP contribution in [0.3, 0.4) is 0 Å². The maximum Gasteiger partial charge on any atom is 0.311 e. The second-order valence-electron chi connectivity index (χ2n) is 14.4. The molecule has 11 nitrogen and oxygen atoms in total. The van der Waals surface area contributed by atoms with Gasteiger partial charge in [-0.1, -0.05) is 34.3 Å². The SMILES string of the molecule is C=C1CO[C@H]2[C@H](C)[C@@H](O[C@@H]3O[C@H](C)C[C@H](N(C)C)[C@H]3OC)[C@@](C)(C[C@@H](C)C(=O)[C@H](C)[C@@H](O)[C@](C)(O)[C@@H](CC)OC(=O)[C@@H]2C)OC1. The van der Waals surface area contributed by atoms with Crippen LogP contribution in [0.15, 0.2) is 12.2 Å². The van der Waals surface area contributed by atoms with Crippen LogP contribution in [0.5, 0.6) is 0 Å². The third-order valence-electron chi connectivity index (χ3n) is 10.4. The minimum Gasteiger partial charge on any atom is -0.459 e. The van der Waals surface area contributed by atoms with E-state index in [0.717, 1.165) is 6.42 Å². The standard InChI is InChI=1S/C34H59NO10/c1-13-25-34(9,39)29(37)21(5)26(36)19(3)15-33(8)30(45-32-28(40-12)24(35(10)11)14-20(4)43-32)22(6)27(23(7)31(38)44-25)41-16-18(2)17-42-33/h19-25,27-30,32,37,39H,2,13-17H2,1,3-12H3/t19-,20-,21+,22+,23-,24+,25-,27+,28-,29-,30-,32+,33-,34-/m1/s1. The first-order chi connectivity index (χ1) is 20.9. The van der Waals surface area contributed by atoms with Gasteiger partial charge in [-0.2, -0.15) is 0 Å². The van der Waals surface area contributed by atoms with Gasteiger partial charge in [0.1, 0.15) is 23.6 Å². The van der Waals surface area contributed by atoms with Gasteiger partial charge in [0.15, 0.2) is 6.29 Å². The number of rotatable bonds is 5. The Kier molecular flexibility index (Phi) is 12.8. The van der Waals surface area contributed by atoms with Gasteiger partial charge < -0.3 is 43.5 Å². The predicted octanol–water partition coefficient (Wildman–Crippen LogP) is 3.13. The lowest BCUT2D eigenvalue weighted by Crippen LogP contribution is -2.61. The summed E-state index contributed by atoms with van der Waals surface area (Å²) >= 11 is 0. The number of carbonyl (C=O) groups is 2. The van der Waals surface area contributed by atoms with Crippen molar-refractivity contribution in [2.24, 2.45) is 23.7 Å². The Labute approximate surface area is 269 Å². The number of aliphatic hydroxyl groups is 2. The van der Waals surface area contributed by atoms with Gasteiger partial charge in [0.25, 0.3) is 0 Å². The first kappa shape index (κ1) is 38.0. The van der Waals surface area contributed by atoms with Crippen LogP contribution in [0, 0.1) is 23.7 Å². The van der Waals surface area contributed by atoms with Gasteiger partial charge in [0.2, 0.25) is 0 Å². The third kappa shape index (κ3) is 8.17. The highest BCUT2D eigenvalue weighted by atomic mass is 16.7. The first-order valence-electron chi connectivity index (χ1n) is 16.5. The summed E-state index contributed by atoms with van der Waals surface area (Å²) in [6, 6.07) is 0.0164. The first-order valence-corrected chi connectivity index (χ1v) is 16.5. The van der Waals surface area contributed by atoms with Gasteiger partial charge in [-0.25, -0.2) is 0 Å². The molecule has 260 valence electrons. The normalized spacial score (nSPS) is 46.2. The summed E-state index contributed by atoms with van der Waals surface area (Å²) in [5.41, 5.74) is -2.29. The van der Waals surface area contributed by atoms with E-state index in [1.165, 1.54) is 6.92 Å². The van der Waals surface area contributed by atoms with Crippen molar-refractivity contribution in [3.8, 4) is 0 Å². The number of esters is 1. The second-order valence-corrected chi connectivity index (χ2v) is 14.4. The smallest absolute Gasteiger partial charge is 0.311 e. The number of Topliss-reactive ketones (excluding diaryl/α,β-unsaturated/α-hetero) is 1. The van der Waals surface area contributed by atoms with Crippen molar-refractivity contribution in [3.63, 3.8) is 0 Å². The minimum atomic E-state index is -1.87. The zero-order chi connectivity index (χ0) is 34.0. The molecule has 3 aliphatic heterocycles. The van der Waals surface area contributed by atoms with E-state index in [2.05, 4.69) is 11.5 Å². The number of methoxy groups -OCH3 is 1. The number of ether oxygens (including phenoxy) is 6. The zero-order valence-corrected chi connectivity index (χ0v) is 29.3. The Morgan fingerprint density at radius 1 is 1.07 bits per heavy atom. The summed E-state index contributed by atoms with van der Waals surface area (Å²) < 4.78 is 38.2. The molecule has 3 rings (SSSR count). The molecule has 0 aromatic carbocycles. The van der Waals surface area contributed by atoms with E-state index in [-0.39, 0.29) is 44.0 Å². The molecule has 3 heterocycles. The molecule has 45 heavy (non-hydrogen) atoms. The highest BCUT2D eigenvalue weighted by Crippen LogP contribution is 2.41. The lowest BCUT2D eigenvalue weighted by Gasteiger charge is -2.49. The van der Waals surface area contributed by atoms with Crippen molar-refractivity contribution < 1.29 is 48.2 Å². The van der Waals surface area contributed by atoms with Crippen LogP contribution in [0.1, 0.15) is 74.7 Å². The molecule has 0 saturated carbocycles. The van der Waals surface area contributed by atoms with E-state index in [4.69, 9.17) is 28.4 Å². The lowest BCUT2D eigenvalue weighted by atomic mass is 9.74. The highest BCUT2D eigenvalue weighted by molar-refractivity contribution is 5.83. The summed E-state index contributed by atoms with van der Waals surface area (Å²) in [6.45, 7) is 18.6. The maximum atomic E-state index is 13.9. The number of fused-ring (bicyclic) bond motifs is 3. The predicted molar refractivity (Wildman–Crippen MR) is 168 cm³/mol. The average molecular weight is 642 g/mol. The minimum absolute atomic E-state index is 0.0164. The third-order valence-corrected chi connectivity index (χ3v) is 10.4. The number of aliphatic hydroxyl groups excluding tert-OH is 1. The molecule has 0 radical (unpaired) electrons. The summed E-state index contributed by atoms with van der Waals surface area (Å²) in [7, 11) is 5.63. The molecular weight excluding hydrogens is 582 g/mol. The molecule has 3 saturated heterocycles. The van der Waals surface area contributed by atoms with Crippen LogP contribution < -0.4 is 0 Å². The Bertz CT molecular complexity index is 1030. The van der Waals surface area contributed by atoms with E-state index in [0.29, 0.717) is 5.57 Å². The number of likely N-dealkylation sites (N-methyl/N-ethyl adjacent to an activating group) is 1. The summed E-state index contributed by atoms with van der Waals surface area (Å²) in [5, 5.41) is 22.8. The van der Waals surface area contributed by atoms with Crippen LogP contribution in [-0.4, -0.2) is 121 Å². The fourth-order valence-corrected chi connectivity index (χ4v) is 7.58. The average Bonchev–Trinajstić information content (AvgIpc) is 3.02. The molecular formula is C34H59NO10. The summed E-state index contributed by atoms with van der Waals surface area (Å²) in [6.07, 6.45) is -4.09. The van der Waals surface area contributed by atoms with Crippen LogP contribution in [0.25, 0.3) is 0 Å². The van der Waals surface area contributed by atoms with Crippen LogP contribution in [0.2, 0.25) is 0 Å². The van der Waals surface area contributed by atoms with Crippen molar-refractivity contribution in [3.05, 3.63) is 12.2 Å². The Morgan fingerprint density at radius 2 is 1.71 bits per heavy atom. The lowest BCUT2D eigenvalue weighted by molar-refractivity contribution is -0.306. The highest BCUT2D eigenvalue weighted by Gasteiger charge is 2.53. The van der Waals surface area contributed by atoms with E-state index in [1.807, 2.05) is 34.9 Å². The van der Waals surface area contributed by atoms with E-state index in [9.17, 15) is 19.8 Å². The zero-order valence-electron chi connectivity index (χ0n) is 29.3. The molecule has 0 unspecified atom stereocenters. The summed E-state index contributed by atoms with van der Waals surface area (Å²) in [5.74, 6) is -3.64. The molecule has 0 aromatic rings. The number of nitrogens with zero attached hydrogens (tertiary/aromatic N) is 1. The van der Waals surface area contributed by atoms with Gasteiger partial charge in [-0.05, 0) is 66.6 Å². The van der Waals surface area contributed by atoms with Gasteiger partial charge >= 0.3 is 5.97 Å². The van der Waals surface area contributed by atoms with Crippen molar-refractivity contribution in [2.45, 2.75) is 135 Å². The number of hydrogen-bond acceptors (Lipinski definition) is 11. The van der Waals surface area contributed by atoms with Crippen LogP contribution >= 0.6 is 0 Å². The Morgan fingerprint density at radius 3 is 2.29 bits per heavy atom. The number of carbonyl (C=O) groups excluding carboxylic acids is 2. The molecule has 3 aliphatic rings. The molecule has 3 fully saturated rings. The molecule has 0 aromatic heterocycles. The number of ketones is 1. The fraction of sp³-hybridized carbons (Fsp3) is 0.882. The molecule has 2 bridgehead atoms. The van der Waals surface area contributed by atoms with E-state index >= 15 is 0 Å². The quantitative estimate of drug-likeness (QED) is 0.339. The Balaban J connectivity index is 2.19. The molecule has 0 spiro atoms. The van der Waals surface area contributed by atoms with Gasteiger partial charge in [-0.15, -0.1) is 0 Å². The van der Waals surface area contributed by atoms with E-state index < -0.39 is 77.7 Å². The number of hydrogen-bond donors (Lipinski definition) is 2. The molecule has 2 N–H and O–H groups in total. The van der Waals surface area contributed by atoms with E-state index in [1.54, 1.807) is 34.8 Å². The van der Waals surface area contributed by atoms with Gasteiger partial charge in [0, 0.05) is 30.9 Å². The molecule has 14 atom stereocenters. The Hall–Kier alpha value is -1.44. The monoisotopic (exact) mass is 641 g/mol. The second kappa shape index (κ2) is 15.2. The molecule has 11 heteroatoms. The van der Waals surface area contributed by atoms with Gasteiger partial charge in [-0.3, -0.25) is 9.59 Å². The molecule has 0 aliphatic carbocycles. The fourth-order valence-electron chi connectivity index (χ4n) is 7.58. The van der Waals surface area contributed by atoms with Crippen molar-refractivity contribution in [2.75, 3.05) is 34.4 Å². The van der Waals surface area contributed by atoms with Crippen LogP contribution in [0.4, 0.5) is 0 Å². The van der Waals surface area contributed by atoms with Crippen molar-refractivity contribution in [1.82, 2.24) is 4.90 Å². The van der Waals surface area contributed by atoms with Gasteiger partial charge in [0.05, 0.1) is 49.1 Å². The summed E-state index contributed by atoms with van der Waals surface area (Å²) in [4.78, 5) is 29.8. The largest absolute Gasteiger partial charge is 0.459 e. The molecule has 0 amide bonds. The van der Waals surface area contributed by atoms with Crippen molar-refractivity contribution >= 4 is 11.8 Å². The van der Waals surface area contributed by atoms with Crippen LogP contribution in [-0.2, 0) is 38.0 Å². The topological polar surface area (TPSA) is 133 Å². The maximum absolute atomic E-state index is 13.9. The van der Waals surface area contributed by atoms with Crippen molar-refractivity contribution in [1.29, 1.82) is 0 Å².